The van der Waals surface area contributed by atoms with Crippen LogP contribution in [0.1, 0.15) is 10.4 Å². The van der Waals surface area contributed by atoms with Crippen LogP contribution in [-0.4, -0.2) is 30.1 Å². The predicted molar refractivity (Wildman–Crippen MR) is 78.5 cm³/mol. The maximum absolute atomic E-state index is 11.3. The van der Waals surface area contributed by atoms with Crippen molar-refractivity contribution in [1.29, 1.82) is 0 Å². The minimum atomic E-state index is -0.544. The number of rotatable bonds is 5. The maximum atomic E-state index is 11.3. The van der Waals surface area contributed by atoms with Gasteiger partial charge in [0.2, 0.25) is 11.7 Å². The molecule has 2 aromatic rings. The summed E-state index contributed by atoms with van der Waals surface area (Å²) in [7, 11) is 2.71. The number of hydrogen-bond acceptors (Lipinski definition) is 7. The van der Waals surface area contributed by atoms with Crippen LogP contribution in [0.3, 0.4) is 0 Å². The zero-order valence-electron chi connectivity index (χ0n) is 11.9. The van der Waals surface area contributed by atoms with E-state index in [1.54, 1.807) is 24.3 Å². The SMILES string of the molecule is COC(=O)c1ccc(Nc2nc(OC)ccc2[N+](=O)[O-])cc1. The van der Waals surface area contributed by atoms with Crippen LogP contribution in [0.5, 0.6) is 5.88 Å². The van der Waals surface area contributed by atoms with Crippen molar-refractivity contribution in [2.75, 3.05) is 19.5 Å². The third-order valence-electron chi connectivity index (χ3n) is 2.82. The first-order valence-electron chi connectivity index (χ1n) is 6.20. The van der Waals surface area contributed by atoms with Gasteiger partial charge in [0.05, 0.1) is 24.7 Å². The summed E-state index contributed by atoms with van der Waals surface area (Å²) in [6.07, 6.45) is 0. The zero-order chi connectivity index (χ0) is 16.1. The molecule has 1 aromatic carbocycles. The Hall–Kier alpha value is -3.16. The molecule has 0 saturated carbocycles. The smallest absolute Gasteiger partial charge is 0.337 e. The molecule has 2 rings (SSSR count). The second kappa shape index (κ2) is 6.53. The van der Waals surface area contributed by atoms with Crippen molar-refractivity contribution in [3.05, 3.63) is 52.1 Å². The molecule has 0 fully saturated rings. The second-order valence-corrected chi connectivity index (χ2v) is 4.17. The molecule has 0 unspecified atom stereocenters. The van der Waals surface area contributed by atoms with Gasteiger partial charge in [0.25, 0.3) is 0 Å². The van der Waals surface area contributed by atoms with Crippen LogP contribution in [0.2, 0.25) is 0 Å². The molecule has 0 amide bonds. The number of nitro groups is 1. The monoisotopic (exact) mass is 303 g/mol. The third kappa shape index (κ3) is 3.29. The number of anilines is 2. The topological polar surface area (TPSA) is 104 Å². The molecular weight excluding hydrogens is 290 g/mol. The molecule has 22 heavy (non-hydrogen) atoms. The molecule has 0 atom stereocenters. The van der Waals surface area contributed by atoms with Crippen LogP contribution in [-0.2, 0) is 4.74 Å². The molecule has 0 aliphatic heterocycles. The van der Waals surface area contributed by atoms with Gasteiger partial charge in [0.1, 0.15) is 0 Å². The lowest BCUT2D eigenvalue weighted by Crippen LogP contribution is -2.03. The van der Waals surface area contributed by atoms with Gasteiger partial charge in [-0.15, -0.1) is 0 Å². The molecule has 1 N–H and O–H groups in total. The molecule has 8 nitrogen and oxygen atoms in total. The number of ether oxygens (including phenoxy) is 2. The van der Waals surface area contributed by atoms with Crippen LogP contribution >= 0.6 is 0 Å². The van der Waals surface area contributed by atoms with Crippen LogP contribution in [0.4, 0.5) is 17.2 Å². The molecule has 0 spiro atoms. The lowest BCUT2D eigenvalue weighted by molar-refractivity contribution is -0.384. The van der Waals surface area contributed by atoms with Gasteiger partial charge >= 0.3 is 11.7 Å². The summed E-state index contributed by atoms with van der Waals surface area (Å²) in [4.78, 5) is 25.8. The molecule has 1 aromatic heterocycles. The van der Waals surface area contributed by atoms with Crippen molar-refractivity contribution >= 4 is 23.2 Å². The normalized spacial score (nSPS) is 9.91. The highest BCUT2D eigenvalue weighted by atomic mass is 16.6. The number of pyridine rings is 1. The Labute approximate surface area is 125 Å². The minimum absolute atomic E-state index is 0.0511. The van der Waals surface area contributed by atoms with Gasteiger partial charge in [0, 0.05) is 17.8 Å². The Bertz CT molecular complexity index is 700. The molecule has 0 aliphatic rings. The van der Waals surface area contributed by atoms with E-state index in [0.29, 0.717) is 11.3 Å². The van der Waals surface area contributed by atoms with E-state index in [1.165, 1.54) is 26.4 Å². The number of nitrogens with zero attached hydrogens (tertiary/aromatic N) is 2. The molecule has 114 valence electrons. The van der Waals surface area contributed by atoms with E-state index in [2.05, 4.69) is 15.0 Å². The lowest BCUT2D eigenvalue weighted by Gasteiger charge is -2.08. The highest BCUT2D eigenvalue weighted by Gasteiger charge is 2.16. The fourth-order valence-electron chi connectivity index (χ4n) is 1.73. The summed E-state index contributed by atoms with van der Waals surface area (Å²) >= 11 is 0. The Balaban J connectivity index is 2.29. The van der Waals surface area contributed by atoms with Gasteiger partial charge in [-0.25, -0.2) is 4.79 Å². The zero-order valence-corrected chi connectivity index (χ0v) is 11.9. The lowest BCUT2D eigenvalue weighted by atomic mass is 10.2. The predicted octanol–water partition coefficient (Wildman–Crippen LogP) is 2.53. The van der Waals surface area contributed by atoms with Crippen molar-refractivity contribution in [3.63, 3.8) is 0 Å². The average Bonchev–Trinajstić information content (AvgIpc) is 2.54. The summed E-state index contributed by atoms with van der Waals surface area (Å²) in [5.41, 5.74) is 0.732. The summed E-state index contributed by atoms with van der Waals surface area (Å²) in [6, 6.07) is 8.98. The van der Waals surface area contributed by atoms with E-state index >= 15 is 0 Å². The first-order chi connectivity index (χ1) is 10.5. The van der Waals surface area contributed by atoms with E-state index in [4.69, 9.17) is 4.74 Å². The average molecular weight is 303 g/mol. The number of esters is 1. The summed E-state index contributed by atoms with van der Waals surface area (Å²) in [6.45, 7) is 0. The van der Waals surface area contributed by atoms with Crippen molar-refractivity contribution < 1.29 is 19.2 Å². The minimum Gasteiger partial charge on any atom is -0.481 e. The Morgan fingerprint density at radius 1 is 1.18 bits per heavy atom. The van der Waals surface area contributed by atoms with Crippen LogP contribution < -0.4 is 10.1 Å². The fourth-order valence-corrected chi connectivity index (χ4v) is 1.73. The summed E-state index contributed by atoms with van der Waals surface area (Å²) in [5.74, 6) is -0.161. The van der Waals surface area contributed by atoms with Crippen molar-refractivity contribution in [3.8, 4) is 5.88 Å². The number of hydrogen-bond donors (Lipinski definition) is 1. The number of carbonyl (C=O) groups excluding carboxylic acids is 1. The van der Waals surface area contributed by atoms with Crippen LogP contribution in [0.15, 0.2) is 36.4 Å². The van der Waals surface area contributed by atoms with Gasteiger partial charge in [-0.3, -0.25) is 10.1 Å². The molecule has 8 heteroatoms. The molecule has 0 aliphatic carbocycles. The fraction of sp³-hybridized carbons (Fsp3) is 0.143. The van der Waals surface area contributed by atoms with Gasteiger partial charge in [-0.05, 0) is 24.3 Å². The molecule has 0 saturated heterocycles. The van der Waals surface area contributed by atoms with E-state index in [-0.39, 0.29) is 17.4 Å². The van der Waals surface area contributed by atoms with Crippen molar-refractivity contribution in [2.24, 2.45) is 0 Å². The molecular formula is C14H13N3O5. The number of carbonyl (C=O) groups is 1. The Kier molecular flexibility index (Phi) is 4.52. The van der Waals surface area contributed by atoms with Gasteiger partial charge < -0.3 is 14.8 Å². The summed E-state index contributed by atoms with van der Waals surface area (Å²) in [5, 5.41) is 13.8. The quantitative estimate of drug-likeness (QED) is 0.514. The van der Waals surface area contributed by atoms with Gasteiger partial charge in [0.15, 0.2) is 0 Å². The van der Waals surface area contributed by atoms with E-state index in [9.17, 15) is 14.9 Å². The molecule has 1 heterocycles. The summed E-state index contributed by atoms with van der Waals surface area (Å²) < 4.78 is 9.56. The second-order valence-electron chi connectivity index (χ2n) is 4.17. The number of aromatic nitrogens is 1. The largest absolute Gasteiger partial charge is 0.481 e. The Morgan fingerprint density at radius 2 is 1.86 bits per heavy atom. The van der Waals surface area contributed by atoms with E-state index in [0.717, 1.165) is 0 Å². The van der Waals surface area contributed by atoms with Crippen LogP contribution in [0, 0.1) is 10.1 Å². The van der Waals surface area contributed by atoms with Crippen LogP contribution in [0.25, 0.3) is 0 Å². The Morgan fingerprint density at radius 3 is 2.41 bits per heavy atom. The first kappa shape index (κ1) is 15.2. The van der Waals surface area contributed by atoms with Gasteiger partial charge in [-0.2, -0.15) is 4.98 Å². The standard InChI is InChI=1S/C14H13N3O5/c1-21-12-8-7-11(17(19)20)13(16-12)15-10-5-3-9(4-6-10)14(18)22-2/h3-8H,1-2H3,(H,15,16). The third-order valence-corrected chi connectivity index (χ3v) is 2.82. The molecule has 0 radical (unpaired) electrons. The highest BCUT2D eigenvalue weighted by molar-refractivity contribution is 5.89. The highest BCUT2D eigenvalue weighted by Crippen LogP contribution is 2.28. The molecule has 0 bridgehead atoms. The maximum Gasteiger partial charge on any atom is 0.337 e. The van der Waals surface area contributed by atoms with Crippen molar-refractivity contribution in [1.82, 2.24) is 4.98 Å². The van der Waals surface area contributed by atoms with Gasteiger partial charge in [-0.1, -0.05) is 0 Å². The van der Waals surface area contributed by atoms with Crippen molar-refractivity contribution in [2.45, 2.75) is 0 Å². The number of benzene rings is 1. The number of nitrogens with one attached hydrogen (secondary N) is 1. The first-order valence-corrected chi connectivity index (χ1v) is 6.20. The van der Waals surface area contributed by atoms with E-state index < -0.39 is 10.9 Å². The number of methoxy groups -OCH3 is 2. The van der Waals surface area contributed by atoms with E-state index in [1.807, 2.05) is 0 Å².